The third kappa shape index (κ3) is 4.50. The summed E-state index contributed by atoms with van der Waals surface area (Å²) in [5.74, 6) is -1.30. The number of amides is 1. The number of carbonyl (C=O) groups is 1. The highest BCUT2D eigenvalue weighted by molar-refractivity contribution is 6.33. The number of hydrogen-bond acceptors (Lipinski definition) is 5. The van der Waals surface area contributed by atoms with Crippen LogP contribution in [0.3, 0.4) is 0 Å². The van der Waals surface area contributed by atoms with Crippen LogP contribution in [0.25, 0.3) is 0 Å². The van der Waals surface area contributed by atoms with Gasteiger partial charge in [-0.3, -0.25) is 14.9 Å². The quantitative estimate of drug-likeness (QED) is 0.492. The van der Waals surface area contributed by atoms with Gasteiger partial charge in [0.05, 0.1) is 16.2 Å². The molecule has 0 radical (unpaired) electrons. The van der Waals surface area contributed by atoms with Gasteiger partial charge in [-0.1, -0.05) is 29.8 Å². The van der Waals surface area contributed by atoms with Crippen molar-refractivity contribution in [3.63, 3.8) is 0 Å². The zero-order valence-corrected chi connectivity index (χ0v) is 12.9. The number of nitro groups is 1. The van der Waals surface area contributed by atoms with Crippen LogP contribution in [0, 0.1) is 15.9 Å². The van der Waals surface area contributed by atoms with Crippen LogP contribution in [0.1, 0.15) is 5.56 Å². The first-order valence-corrected chi connectivity index (χ1v) is 6.99. The summed E-state index contributed by atoms with van der Waals surface area (Å²) in [5, 5.41) is 14.5. The molecule has 1 N–H and O–H groups in total. The fourth-order valence-corrected chi connectivity index (χ4v) is 1.92. The molecular formula is C15H11ClFN3O4. The summed E-state index contributed by atoms with van der Waals surface area (Å²) >= 11 is 5.80. The summed E-state index contributed by atoms with van der Waals surface area (Å²) in [6, 6.07) is 9.76. The average Bonchev–Trinajstić information content (AvgIpc) is 2.56. The van der Waals surface area contributed by atoms with Crippen LogP contribution in [-0.4, -0.2) is 23.7 Å². The number of halogens is 2. The van der Waals surface area contributed by atoms with Gasteiger partial charge in [-0.25, -0.2) is 9.82 Å². The molecule has 0 saturated carbocycles. The van der Waals surface area contributed by atoms with E-state index in [1.165, 1.54) is 36.4 Å². The van der Waals surface area contributed by atoms with Crippen LogP contribution in [0.4, 0.5) is 10.1 Å². The second kappa shape index (κ2) is 8.02. The second-order valence-corrected chi connectivity index (χ2v) is 4.85. The number of para-hydroxylation sites is 2. The fraction of sp³-hybridized carbons (Fsp3) is 0.0667. The van der Waals surface area contributed by atoms with E-state index in [1.54, 1.807) is 6.07 Å². The fourth-order valence-electron chi connectivity index (χ4n) is 1.71. The molecular weight excluding hydrogens is 341 g/mol. The van der Waals surface area contributed by atoms with E-state index in [0.29, 0.717) is 0 Å². The highest BCUT2D eigenvalue weighted by Gasteiger charge is 2.14. The molecule has 7 nitrogen and oxygen atoms in total. The maximum Gasteiger partial charge on any atom is 0.310 e. The molecule has 0 aliphatic carbocycles. The summed E-state index contributed by atoms with van der Waals surface area (Å²) in [6.45, 7) is -0.493. The second-order valence-electron chi connectivity index (χ2n) is 4.44. The van der Waals surface area contributed by atoms with Gasteiger partial charge in [0.15, 0.2) is 12.4 Å². The van der Waals surface area contributed by atoms with Crippen molar-refractivity contribution in [3.8, 4) is 5.75 Å². The first-order chi connectivity index (χ1) is 11.5. The Labute approximate surface area is 140 Å². The molecule has 0 aliphatic heterocycles. The number of ether oxygens (including phenoxy) is 1. The zero-order valence-electron chi connectivity index (χ0n) is 12.1. The summed E-state index contributed by atoms with van der Waals surface area (Å²) in [6.07, 6.45) is 1.06. The Bertz CT molecular complexity index is 778. The minimum absolute atomic E-state index is 0.0269. The van der Waals surface area contributed by atoms with Crippen molar-refractivity contribution >= 4 is 29.4 Å². The predicted molar refractivity (Wildman–Crippen MR) is 85.7 cm³/mol. The summed E-state index contributed by atoms with van der Waals surface area (Å²) < 4.78 is 18.6. The number of nitro benzene ring substituents is 1. The molecule has 0 heterocycles. The van der Waals surface area contributed by atoms with Crippen LogP contribution in [-0.2, 0) is 4.79 Å². The molecule has 0 aromatic heterocycles. The standard InChI is InChI=1S/C15H11ClFN3O4/c16-11-4-3-5-12(17)10(11)8-18-19-15(21)9-24-14-7-2-1-6-13(14)20(22)23/h1-8H,9H2,(H,19,21). The molecule has 24 heavy (non-hydrogen) atoms. The lowest BCUT2D eigenvalue weighted by Crippen LogP contribution is -2.24. The van der Waals surface area contributed by atoms with E-state index in [9.17, 15) is 19.3 Å². The van der Waals surface area contributed by atoms with Crippen molar-refractivity contribution < 1.29 is 18.8 Å². The smallest absolute Gasteiger partial charge is 0.310 e. The van der Waals surface area contributed by atoms with Crippen LogP contribution in [0.5, 0.6) is 5.75 Å². The summed E-state index contributed by atoms with van der Waals surface area (Å²) in [5.41, 5.74) is 1.88. The molecule has 0 unspecified atom stereocenters. The monoisotopic (exact) mass is 351 g/mol. The topological polar surface area (TPSA) is 93.8 Å². The SMILES string of the molecule is O=C(COc1ccccc1[N+](=O)[O-])NN=Cc1c(F)cccc1Cl. The van der Waals surface area contributed by atoms with Crippen LogP contribution in [0.15, 0.2) is 47.6 Å². The number of rotatable bonds is 6. The van der Waals surface area contributed by atoms with Gasteiger partial charge < -0.3 is 4.74 Å². The Morgan fingerprint density at radius 3 is 2.79 bits per heavy atom. The average molecular weight is 352 g/mol. The van der Waals surface area contributed by atoms with Gasteiger partial charge in [0.1, 0.15) is 5.82 Å². The third-order valence-corrected chi connectivity index (χ3v) is 3.13. The first kappa shape index (κ1) is 17.4. The molecule has 124 valence electrons. The molecule has 0 atom stereocenters. The summed E-state index contributed by atoms with van der Waals surface area (Å²) in [4.78, 5) is 21.8. The van der Waals surface area contributed by atoms with E-state index >= 15 is 0 Å². The molecule has 0 bridgehead atoms. The van der Waals surface area contributed by atoms with Crippen molar-refractivity contribution in [3.05, 3.63) is 69.0 Å². The van der Waals surface area contributed by atoms with Gasteiger partial charge in [-0.15, -0.1) is 0 Å². The number of hydrogen-bond donors (Lipinski definition) is 1. The van der Waals surface area contributed by atoms with Gasteiger partial charge in [-0.05, 0) is 18.2 Å². The zero-order chi connectivity index (χ0) is 17.5. The Kier molecular flexibility index (Phi) is 5.80. The Balaban J connectivity index is 1.93. The normalized spacial score (nSPS) is 10.6. The largest absolute Gasteiger partial charge is 0.477 e. The molecule has 9 heteroatoms. The third-order valence-electron chi connectivity index (χ3n) is 2.80. The van der Waals surface area contributed by atoms with E-state index in [-0.39, 0.29) is 22.0 Å². The van der Waals surface area contributed by atoms with Crippen LogP contribution in [0.2, 0.25) is 5.02 Å². The van der Waals surface area contributed by atoms with Crippen molar-refractivity contribution in [2.45, 2.75) is 0 Å². The van der Waals surface area contributed by atoms with E-state index in [2.05, 4.69) is 10.5 Å². The Morgan fingerprint density at radius 1 is 1.33 bits per heavy atom. The van der Waals surface area contributed by atoms with Gasteiger partial charge in [0.25, 0.3) is 5.91 Å². The van der Waals surface area contributed by atoms with Gasteiger partial charge in [0, 0.05) is 11.6 Å². The number of carbonyl (C=O) groups excluding carboxylic acids is 1. The maximum atomic E-state index is 13.5. The Morgan fingerprint density at radius 2 is 2.08 bits per heavy atom. The van der Waals surface area contributed by atoms with Crippen molar-refractivity contribution in [2.24, 2.45) is 5.10 Å². The van der Waals surface area contributed by atoms with Gasteiger partial charge >= 0.3 is 5.69 Å². The van der Waals surface area contributed by atoms with Gasteiger partial charge in [-0.2, -0.15) is 5.10 Å². The van der Waals surface area contributed by atoms with E-state index in [4.69, 9.17) is 16.3 Å². The number of nitrogens with one attached hydrogen (secondary N) is 1. The van der Waals surface area contributed by atoms with Crippen molar-refractivity contribution in [2.75, 3.05) is 6.61 Å². The van der Waals surface area contributed by atoms with E-state index < -0.39 is 23.3 Å². The Hall–Kier alpha value is -3.00. The van der Waals surface area contributed by atoms with E-state index in [0.717, 1.165) is 6.21 Å². The lowest BCUT2D eigenvalue weighted by molar-refractivity contribution is -0.385. The van der Waals surface area contributed by atoms with Crippen LogP contribution < -0.4 is 10.2 Å². The van der Waals surface area contributed by atoms with Gasteiger partial charge in [0.2, 0.25) is 0 Å². The minimum atomic E-state index is -0.670. The number of hydrazone groups is 1. The molecule has 1 amide bonds. The van der Waals surface area contributed by atoms with Crippen molar-refractivity contribution in [1.29, 1.82) is 0 Å². The molecule has 0 spiro atoms. The number of nitrogens with zero attached hydrogens (tertiary/aromatic N) is 2. The molecule has 0 fully saturated rings. The van der Waals surface area contributed by atoms with Crippen molar-refractivity contribution in [1.82, 2.24) is 5.43 Å². The lowest BCUT2D eigenvalue weighted by atomic mass is 10.2. The molecule has 0 saturated heterocycles. The molecule has 2 aromatic rings. The highest BCUT2D eigenvalue weighted by Crippen LogP contribution is 2.25. The van der Waals surface area contributed by atoms with E-state index in [1.807, 2.05) is 0 Å². The lowest BCUT2D eigenvalue weighted by Gasteiger charge is -2.05. The highest BCUT2D eigenvalue weighted by atomic mass is 35.5. The predicted octanol–water partition coefficient (Wildman–Crippen LogP) is 2.92. The maximum absolute atomic E-state index is 13.5. The summed E-state index contributed by atoms with van der Waals surface area (Å²) in [7, 11) is 0. The first-order valence-electron chi connectivity index (χ1n) is 6.61. The molecule has 0 aliphatic rings. The number of benzene rings is 2. The minimum Gasteiger partial charge on any atom is -0.477 e. The molecule has 2 rings (SSSR count). The van der Waals surface area contributed by atoms with Crippen LogP contribution >= 0.6 is 11.6 Å². The molecule has 2 aromatic carbocycles.